The van der Waals surface area contributed by atoms with Crippen molar-refractivity contribution < 1.29 is 13.2 Å². The molecule has 2 aromatic rings. The quantitative estimate of drug-likeness (QED) is 0.882. The Morgan fingerprint density at radius 1 is 1.26 bits per heavy atom. The molecule has 0 saturated carbocycles. The molecule has 0 aliphatic carbocycles. The third-order valence-electron chi connectivity index (χ3n) is 2.28. The van der Waals surface area contributed by atoms with Crippen LogP contribution in [0.15, 0.2) is 35.2 Å². The fraction of sp³-hybridized carbons (Fsp3) is 0.0909. The van der Waals surface area contributed by atoms with E-state index in [0.717, 1.165) is 6.07 Å². The molecule has 0 bridgehead atoms. The lowest BCUT2D eigenvalue weighted by molar-refractivity contribution is -0.138. The molecule has 8 heteroatoms. The highest BCUT2D eigenvalue weighted by Crippen LogP contribution is 2.36. The van der Waals surface area contributed by atoms with Crippen LogP contribution < -0.4 is 11.1 Å². The van der Waals surface area contributed by atoms with Crippen LogP contribution in [0.2, 0.25) is 0 Å². The maximum Gasteiger partial charge on any atom is 0.417 e. The number of nitrogens with two attached hydrogens (primary N) is 1. The molecule has 1 heterocycles. The van der Waals surface area contributed by atoms with Crippen LogP contribution in [0.1, 0.15) is 5.56 Å². The SMILES string of the molecule is Nc1cncnc1Nc1ccc(Br)c(C(F)(F)F)c1. The fourth-order valence-corrected chi connectivity index (χ4v) is 1.87. The molecular weight excluding hydrogens is 325 g/mol. The molecule has 0 aliphatic heterocycles. The maximum absolute atomic E-state index is 12.7. The van der Waals surface area contributed by atoms with Crippen molar-refractivity contribution in [3.05, 3.63) is 40.8 Å². The number of hydrogen-bond acceptors (Lipinski definition) is 4. The summed E-state index contributed by atoms with van der Waals surface area (Å²) < 4.78 is 38.2. The number of nitrogens with one attached hydrogen (secondary N) is 1. The molecule has 100 valence electrons. The highest BCUT2D eigenvalue weighted by Gasteiger charge is 2.33. The molecule has 0 atom stereocenters. The van der Waals surface area contributed by atoms with Gasteiger partial charge in [0.1, 0.15) is 6.33 Å². The van der Waals surface area contributed by atoms with Gasteiger partial charge in [-0.1, -0.05) is 15.9 Å². The molecule has 4 nitrogen and oxygen atoms in total. The van der Waals surface area contributed by atoms with Crippen molar-refractivity contribution in [3.8, 4) is 0 Å². The van der Waals surface area contributed by atoms with E-state index in [2.05, 4.69) is 31.2 Å². The normalized spacial score (nSPS) is 11.4. The molecule has 3 N–H and O–H groups in total. The van der Waals surface area contributed by atoms with E-state index < -0.39 is 11.7 Å². The third-order valence-corrected chi connectivity index (χ3v) is 2.97. The van der Waals surface area contributed by atoms with E-state index in [0.29, 0.717) is 0 Å². The van der Waals surface area contributed by atoms with Gasteiger partial charge < -0.3 is 11.1 Å². The van der Waals surface area contributed by atoms with Gasteiger partial charge in [-0.05, 0) is 18.2 Å². The van der Waals surface area contributed by atoms with Crippen LogP contribution in [-0.4, -0.2) is 9.97 Å². The minimum atomic E-state index is -4.44. The summed E-state index contributed by atoms with van der Waals surface area (Å²) in [6.45, 7) is 0. The molecule has 0 unspecified atom stereocenters. The zero-order valence-electron chi connectivity index (χ0n) is 9.37. The molecule has 0 amide bonds. The summed E-state index contributed by atoms with van der Waals surface area (Å²) in [7, 11) is 0. The summed E-state index contributed by atoms with van der Waals surface area (Å²) in [6.07, 6.45) is -1.82. The number of hydrogen-bond donors (Lipinski definition) is 2. The molecule has 1 aromatic heterocycles. The second kappa shape index (κ2) is 5.04. The van der Waals surface area contributed by atoms with Crippen LogP contribution in [0, 0.1) is 0 Å². The Morgan fingerprint density at radius 2 is 2.00 bits per heavy atom. The monoisotopic (exact) mass is 332 g/mol. The zero-order valence-corrected chi connectivity index (χ0v) is 11.0. The number of rotatable bonds is 2. The number of benzene rings is 1. The largest absolute Gasteiger partial charge is 0.417 e. The van der Waals surface area contributed by atoms with Crippen molar-refractivity contribution in [2.45, 2.75) is 6.18 Å². The average molecular weight is 333 g/mol. The van der Waals surface area contributed by atoms with Crippen LogP contribution >= 0.6 is 15.9 Å². The highest BCUT2D eigenvalue weighted by molar-refractivity contribution is 9.10. The standard InChI is InChI=1S/C11H8BrF3N4/c12-8-2-1-6(3-7(8)11(13,14)15)19-10-9(16)4-17-5-18-10/h1-5H,16H2,(H,17,18,19). The van der Waals surface area contributed by atoms with E-state index in [1.54, 1.807) is 0 Å². The molecule has 0 saturated heterocycles. The number of nitrogen functional groups attached to an aromatic ring is 1. The third kappa shape index (κ3) is 3.14. The number of aromatic nitrogens is 2. The maximum atomic E-state index is 12.7. The first-order valence-electron chi connectivity index (χ1n) is 5.07. The average Bonchev–Trinajstić information content (AvgIpc) is 2.33. The van der Waals surface area contributed by atoms with Crippen LogP contribution in [0.4, 0.5) is 30.4 Å². The lowest BCUT2D eigenvalue weighted by Gasteiger charge is -2.12. The predicted molar refractivity (Wildman–Crippen MR) is 68.9 cm³/mol. The zero-order chi connectivity index (χ0) is 14.0. The van der Waals surface area contributed by atoms with Gasteiger partial charge in [0.15, 0.2) is 5.82 Å². The van der Waals surface area contributed by atoms with Crippen molar-refractivity contribution in [1.29, 1.82) is 0 Å². The van der Waals surface area contributed by atoms with E-state index in [-0.39, 0.29) is 21.7 Å². The topological polar surface area (TPSA) is 63.8 Å². The van der Waals surface area contributed by atoms with Crippen molar-refractivity contribution in [3.63, 3.8) is 0 Å². The van der Waals surface area contributed by atoms with Crippen molar-refractivity contribution in [2.75, 3.05) is 11.1 Å². The van der Waals surface area contributed by atoms with Gasteiger partial charge in [-0.2, -0.15) is 13.2 Å². The van der Waals surface area contributed by atoms with Crippen molar-refractivity contribution >= 4 is 33.1 Å². The van der Waals surface area contributed by atoms with Crippen molar-refractivity contribution in [1.82, 2.24) is 9.97 Å². The molecule has 0 aliphatic rings. The Kier molecular flexibility index (Phi) is 3.61. The second-order valence-electron chi connectivity index (χ2n) is 3.64. The van der Waals surface area contributed by atoms with Crippen molar-refractivity contribution in [2.24, 2.45) is 0 Å². The Bertz CT molecular complexity index is 601. The van der Waals surface area contributed by atoms with E-state index in [9.17, 15) is 13.2 Å². The van der Waals surface area contributed by atoms with Gasteiger partial charge in [0.25, 0.3) is 0 Å². The Morgan fingerprint density at radius 3 is 2.63 bits per heavy atom. The molecule has 0 fully saturated rings. The molecule has 19 heavy (non-hydrogen) atoms. The summed E-state index contributed by atoms with van der Waals surface area (Å²) in [5.74, 6) is 0.255. The second-order valence-corrected chi connectivity index (χ2v) is 4.50. The summed E-state index contributed by atoms with van der Waals surface area (Å²) in [5, 5.41) is 2.71. The minimum absolute atomic E-state index is 0.0267. The first-order chi connectivity index (χ1) is 8.88. The molecular formula is C11H8BrF3N4. The van der Waals surface area contributed by atoms with Crippen LogP contribution in [-0.2, 0) is 6.18 Å². The van der Waals surface area contributed by atoms with Gasteiger partial charge in [0.05, 0.1) is 17.4 Å². The van der Waals surface area contributed by atoms with E-state index in [1.807, 2.05) is 0 Å². The molecule has 2 rings (SSSR count). The van der Waals surface area contributed by atoms with Gasteiger partial charge in [-0.15, -0.1) is 0 Å². The Labute approximate surface area is 115 Å². The summed E-state index contributed by atoms with van der Waals surface area (Å²) in [6, 6.07) is 3.77. The summed E-state index contributed by atoms with van der Waals surface area (Å²) >= 11 is 2.87. The highest BCUT2D eigenvalue weighted by atomic mass is 79.9. The first kappa shape index (κ1) is 13.6. The lowest BCUT2D eigenvalue weighted by atomic mass is 10.2. The lowest BCUT2D eigenvalue weighted by Crippen LogP contribution is -2.07. The number of halogens is 4. The number of anilines is 3. The number of nitrogens with zero attached hydrogens (tertiary/aromatic N) is 2. The molecule has 1 aromatic carbocycles. The van der Waals surface area contributed by atoms with Gasteiger partial charge >= 0.3 is 6.18 Å². The van der Waals surface area contributed by atoms with E-state index in [1.165, 1.54) is 24.7 Å². The van der Waals surface area contributed by atoms with Crippen LogP contribution in [0.25, 0.3) is 0 Å². The number of alkyl halides is 3. The molecule has 0 radical (unpaired) electrons. The molecule has 0 spiro atoms. The van der Waals surface area contributed by atoms with E-state index >= 15 is 0 Å². The van der Waals surface area contributed by atoms with Crippen LogP contribution in [0.3, 0.4) is 0 Å². The van der Waals surface area contributed by atoms with Gasteiger partial charge in [-0.25, -0.2) is 9.97 Å². The summed E-state index contributed by atoms with van der Waals surface area (Å²) in [5.41, 5.74) is 5.32. The van der Waals surface area contributed by atoms with Gasteiger partial charge in [-0.3, -0.25) is 0 Å². The van der Waals surface area contributed by atoms with Gasteiger partial charge in [0, 0.05) is 10.2 Å². The Balaban J connectivity index is 2.35. The summed E-state index contributed by atoms with van der Waals surface area (Å²) in [4.78, 5) is 7.54. The van der Waals surface area contributed by atoms with Crippen LogP contribution in [0.5, 0.6) is 0 Å². The Hall–Kier alpha value is -1.83. The van der Waals surface area contributed by atoms with E-state index in [4.69, 9.17) is 5.73 Å². The predicted octanol–water partition coefficient (Wildman–Crippen LogP) is 3.58. The van der Waals surface area contributed by atoms with Gasteiger partial charge in [0.2, 0.25) is 0 Å². The fourth-order valence-electron chi connectivity index (χ4n) is 1.40. The minimum Gasteiger partial charge on any atom is -0.394 e. The smallest absolute Gasteiger partial charge is 0.394 e. The first-order valence-corrected chi connectivity index (χ1v) is 5.86.